The van der Waals surface area contributed by atoms with E-state index in [9.17, 15) is 9.18 Å². The molecular formula is C27H17FN2O5. The van der Waals surface area contributed by atoms with E-state index in [1.165, 1.54) is 31.4 Å². The number of rotatable bonds is 5. The van der Waals surface area contributed by atoms with Gasteiger partial charge in [-0.05, 0) is 54.6 Å². The Balaban J connectivity index is 1.61. The minimum Gasteiger partial charge on any atom is -0.493 e. The van der Waals surface area contributed by atoms with Gasteiger partial charge < -0.3 is 18.9 Å². The molecule has 0 saturated carbocycles. The van der Waals surface area contributed by atoms with E-state index in [4.69, 9.17) is 24.2 Å². The molecule has 0 amide bonds. The van der Waals surface area contributed by atoms with Crippen LogP contribution in [0.4, 0.5) is 4.39 Å². The smallest absolute Gasteiger partial charge is 0.364 e. The van der Waals surface area contributed by atoms with Gasteiger partial charge in [0.15, 0.2) is 23.8 Å². The number of carbonyl (C=O) groups is 1. The first kappa shape index (κ1) is 21.9. The molecule has 3 aromatic carbocycles. The number of carbonyl (C=O) groups excluding carboxylic acids is 1. The van der Waals surface area contributed by atoms with Gasteiger partial charge in [-0.25, -0.2) is 14.2 Å². The minimum atomic E-state index is -0.621. The third kappa shape index (κ3) is 4.23. The van der Waals surface area contributed by atoms with Crippen LogP contribution in [0.25, 0.3) is 11.3 Å². The number of fused-ring (bicyclic) bond motifs is 1. The summed E-state index contributed by atoms with van der Waals surface area (Å²) in [5.41, 5.74) is 2.45. The highest BCUT2D eigenvalue weighted by Crippen LogP contribution is 2.41. The Morgan fingerprint density at radius 3 is 2.54 bits per heavy atom. The fraction of sp³-hybridized carbons (Fsp3) is 0.0741. The number of esters is 1. The molecule has 2 heterocycles. The first-order valence-electron chi connectivity index (χ1n) is 10.6. The number of hydrogen-bond acceptors (Lipinski definition) is 7. The number of allylic oxidation sites excluding steroid dienone is 2. The van der Waals surface area contributed by atoms with E-state index in [1.807, 2.05) is 24.3 Å². The van der Waals surface area contributed by atoms with E-state index in [0.717, 1.165) is 0 Å². The lowest BCUT2D eigenvalue weighted by Gasteiger charge is -2.21. The molecule has 0 radical (unpaired) electrons. The molecule has 7 nitrogen and oxygen atoms in total. The van der Waals surface area contributed by atoms with Crippen molar-refractivity contribution < 1.29 is 28.1 Å². The van der Waals surface area contributed by atoms with E-state index in [0.29, 0.717) is 45.3 Å². The molecule has 3 aromatic rings. The Morgan fingerprint density at radius 1 is 1.00 bits per heavy atom. The van der Waals surface area contributed by atoms with Crippen LogP contribution in [0.15, 0.2) is 83.5 Å². The van der Waals surface area contributed by atoms with Gasteiger partial charge in [-0.15, -0.1) is 0 Å². The van der Waals surface area contributed by atoms with Crippen LogP contribution in [0.1, 0.15) is 16.7 Å². The molecule has 0 fully saturated rings. The van der Waals surface area contributed by atoms with Crippen molar-refractivity contribution >= 4 is 23.2 Å². The Bertz CT molecular complexity index is 1470. The summed E-state index contributed by atoms with van der Waals surface area (Å²) in [6.07, 6.45) is 1.71. The number of hydrogen-bond donors (Lipinski definition) is 0. The number of methoxy groups -OCH3 is 1. The average molecular weight is 468 g/mol. The fourth-order valence-electron chi connectivity index (χ4n) is 3.72. The molecule has 172 valence electrons. The van der Waals surface area contributed by atoms with Crippen LogP contribution in [0.5, 0.6) is 17.2 Å². The van der Waals surface area contributed by atoms with Crippen LogP contribution >= 0.6 is 0 Å². The number of nitriles is 1. The van der Waals surface area contributed by atoms with Crippen molar-refractivity contribution in [2.45, 2.75) is 0 Å². The third-order valence-electron chi connectivity index (χ3n) is 5.36. The van der Waals surface area contributed by atoms with E-state index < -0.39 is 11.8 Å². The topological polar surface area (TPSA) is 90.1 Å². The summed E-state index contributed by atoms with van der Waals surface area (Å²) in [6.45, 7) is -0.116. The van der Waals surface area contributed by atoms with Crippen LogP contribution in [-0.4, -0.2) is 25.6 Å². The zero-order valence-corrected chi connectivity index (χ0v) is 18.4. The van der Waals surface area contributed by atoms with Gasteiger partial charge in [0.1, 0.15) is 23.4 Å². The molecule has 0 bridgehead atoms. The second kappa shape index (κ2) is 9.15. The van der Waals surface area contributed by atoms with Gasteiger partial charge in [0.2, 0.25) is 5.90 Å². The van der Waals surface area contributed by atoms with Gasteiger partial charge in [0.25, 0.3) is 0 Å². The molecule has 5 rings (SSSR count). The monoisotopic (exact) mass is 468 g/mol. The van der Waals surface area contributed by atoms with E-state index in [2.05, 4.69) is 4.99 Å². The molecular weight excluding hydrogens is 451 g/mol. The van der Waals surface area contributed by atoms with Gasteiger partial charge in [-0.2, -0.15) is 5.26 Å². The summed E-state index contributed by atoms with van der Waals surface area (Å²) in [5, 5.41) is 8.79. The summed E-state index contributed by atoms with van der Waals surface area (Å²) in [4.78, 5) is 17.2. The van der Waals surface area contributed by atoms with Crippen LogP contribution in [0, 0.1) is 17.1 Å². The van der Waals surface area contributed by atoms with Gasteiger partial charge >= 0.3 is 5.97 Å². The molecule has 8 heteroatoms. The first-order valence-corrected chi connectivity index (χ1v) is 10.6. The van der Waals surface area contributed by atoms with Gasteiger partial charge in [-0.3, -0.25) is 0 Å². The number of benzene rings is 3. The van der Waals surface area contributed by atoms with Crippen LogP contribution < -0.4 is 14.2 Å². The second-order valence-electron chi connectivity index (χ2n) is 7.49. The molecule has 0 unspecified atom stereocenters. The lowest BCUT2D eigenvalue weighted by atomic mass is 9.97. The van der Waals surface area contributed by atoms with E-state index in [-0.39, 0.29) is 18.2 Å². The highest BCUT2D eigenvalue weighted by atomic mass is 19.1. The average Bonchev–Trinajstić information content (AvgIpc) is 3.28. The van der Waals surface area contributed by atoms with Gasteiger partial charge in [0.05, 0.1) is 7.11 Å². The maximum atomic E-state index is 13.3. The molecule has 0 N–H and O–H groups in total. The molecule has 2 aliphatic heterocycles. The van der Waals surface area contributed by atoms with Crippen LogP contribution in [0.2, 0.25) is 0 Å². The zero-order valence-electron chi connectivity index (χ0n) is 18.4. The van der Waals surface area contributed by atoms with Crippen LogP contribution in [-0.2, 0) is 9.53 Å². The Kier molecular flexibility index (Phi) is 5.73. The maximum absolute atomic E-state index is 13.3. The molecule has 0 aromatic heterocycles. The predicted molar refractivity (Wildman–Crippen MR) is 125 cm³/mol. The number of nitrogens with zero attached hydrogens (tertiary/aromatic N) is 2. The fourth-order valence-corrected chi connectivity index (χ4v) is 3.72. The largest absolute Gasteiger partial charge is 0.493 e. The lowest BCUT2D eigenvalue weighted by Crippen LogP contribution is -2.08. The summed E-state index contributed by atoms with van der Waals surface area (Å²) in [7, 11) is 1.50. The van der Waals surface area contributed by atoms with E-state index >= 15 is 0 Å². The summed E-state index contributed by atoms with van der Waals surface area (Å²) >= 11 is 0. The van der Waals surface area contributed by atoms with Crippen molar-refractivity contribution in [3.8, 4) is 23.3 Å². The van der Waals surface area contributed by atoms with Crippen LogP contribution in [0.3, 0.4) is 0 Å². The Hall–Kier alpha value is -4.90. The number of aliphatic imine (C=N–C) groups is 1. The number of cyclic esters (lactones) is 1. The lowest BCUT2D eigenvalue weighted by molar-refractivity contribution is -0.129. The van der Waals surface area contributed by atoms with E-state index in [1.54, 1.807) is 30.3 Å². The molecule has 2 aliphatic rings. The molecule has 0 spiro atoms. The van der Waals surface area contributed by atoms with Crippen molar-refractivity contribution in [1.29, 1.82) is 5.26 Å². The Morgan fingerprint density at radius 2 is 1.77 bits per heavy atom. The summed E-state index contributed by atoms with van der Waals surface area (Å²) in [6, 6.07) is 19.9. The molecule has 0 saturated heterocycles. The van der Waals surface area contributed by atoms with Gasteiger partial charge in [-0.1, -0.05) is 18.2 Å². The highest BCUT2D eigenvalue weighted by molar-refractivity contribution is 6.15. The predicted octanol–water partition coefficient (Wildman–Crippen LogP) is 4.88. The number of para-hydroxylation sites is 1. The maximum Gasteiger partial charge on any atom is 0.364 e. The molecule has 35 heavy (non-hydrogen) atoms. The first-order chi connectivity index (χ1) is 17.1. The van der Waals surface area contributed by atoms with Crippen molar-refractivity contribution in [3.63, 3.8) is 0 Å². The SMILES string of the molecule is COc1cc(C2=CC(=C3N=C(c4ccc(F)cc4)OC3=O)c3ccccc3O2)ccc1OCC#N. The van der Waals surface area contributed by atoms with Gasteiger partial charge in [0, 0.05) is 22.3 Å². The van der Waals surface area contributed by atoms with Crippen molar-refractivity contribution in [2.75, 3.05) is 13.7 Å². The van der Waals surface area contributed by atoms with Crippen molar-refractivity contribution in [2.24, 2.45) is 4.99 Å². The summed E-state index contributed by atoms with van der Waals surface area (Å²) in [5.74, 6) is 0.904. The number of halogens is 1. The second-order valence-corrected chi connectivity index (χ2v) is 7.49. The molecule has 0 atom stereocenters. The standard InChI is InChI=1S/C27H17FN2O5/c1-32-24-14-17(8-11-22(24)33-13-12-29)23-15-20(19-4-2-3-5-21(19)34-23)25-27(31)35-26(30-25)16-6-9-18(28)10-7-16/h2-11,14-15H,13H2,1H3. The third-order valence-corrected chi connectivity index (χ3v) is 5.36. The number of ether oxygens (including phenoxy) is 4. The normalized spacial score (nSPS) is 16.3. The highest BCUT2D eigenvalue weighted by Gasteiger charge is 2.30. The minimum absolute atomic E-state index is 0.0945. The summed E-state index contributed by atoms with van der Waals surface area (Å²) < 4.78 is 35.6. The zero-order chi connectivity index (χ0) is 24.4. The van der Waals surface area contributed by atoms with Crippen molar-refractivity contribution in [3.05, 3.63) is 101 Å². The quantitative estimate of drug-likeness (QED) is 0.391. The molecule has 0 aliphatic carbocycles. The van der Waals surface area contributed by atoms with Crippen molar-refractivity contribution in [1.82, 2.24) is 0 Å². The Labute approximate surface area is 200 Å².